The molecule has 4 aromatic rings. The van der Waals surface area contributed by atoms with E-state index in [2.05, 4.69) is 31.8 Å². The molecule has 1 aliphatic carbocycles. The second-order valence-electron chi connectivity index (χ2n) is 8.76. The number of anilines is 2. The molecule has 1 aliphatic rings. The van der Waals surface area contributed by atoms with Gasteiger partial charge < -0.3 is 16.0 Å². The van der Waals surface area contributed by atoms with Crippen LogP contribution in [0.15, 0.2) is 30.7 Å². The van der Waals surface area contributed by atoms with Gasteiger partial charge in [-0.3, -0.25) is 4.68 Å². The molecule has 0 radical (unpaired) electrons. The van der Waals surface area contributed by atoms with Crippen molar-refractivity contribution in [1.29, 1.82) is 0 Å². The Balaban J connectivity index is 1.45. The average Bonchev–Trinajstić information content (AvgIpc) is 3.42. The number of thiophene rings is 1. The van der Waals surface area contributed by atoms with Crippen LogP contribution in [-0.4, -0.2) is 50.8 Å². The zero-order chi connectivity index (χ0) is 23.7. The zero-order valence-electron chi connectivity index (χ0n) is 19.6. The highest BCUT2D eigenvalue weighted by molar-refractivity contribution is 7.22. The number of hydrogen-bond acceptors (Lipinski definition) is 7. The third-order valence-corrected chi connectivity index (χ3v) is 7.60. The van der Waals surface area contributed by atoms with Gasteiger partial charge in [0.25, 0.3) is 0 Å². The molecule has 0 fully saturated rings. The highest BCUT2D eigenvalue weighted by atomic mass is 32.1. The van der Waals surface area contributed by atoms with E-state index in [1.807, 2.05) is 6.20 Å². The molecule has 0 spiro atoms. The van der Waals surface area contributed by atoms with Crippen molar-refractivity contribution < 1.29 is 4.39 Å². The minimum atomic E-state index is -0.211. The van der Waals surface area contributed by atoms with Crippen molar-refractivity contribution in [2.45, 2.75) is 39.7 Å². The molecule has 1 aromatic carbocycles. The molecule has 0 saturated carbocycles. The molecule has 0 bridgehead atoms. The van der Waals surface area contributed by atoms with Gasteiger partial charge in [-0.2, -0.15) is 5.10 Å². The van der Waals surface area contributed by atoms with Crippen molar-refractivity contribution >= 4 is 33.1 Å². The van der Waals surface area contributed by atoms with Gasteiger partial charge in [-0.05, 0) is 62.1 Å². The summed E-state index contributed by atoms with van der Waals surface area (Å²) < 4.78 is 15.9. The van der Waals surface area contributed by atoms with E-state index in [-0.39, 0.29) is 5.82 Å². The van der Waals surface area contributed by atoms with Gasteiger partial charge in [0.05, 0.1) is 18.1 Å². The van der Waals surface area contributed by atoms with E-state index in [4.69, 9.17) is 10.8 Å². The smallest absolute Gasteiger partial charge is 0.142 e. The van der Waals surface area contributed by atoms with Gasteiger partial charge in [-0.25, -0.2) is 14.4 Å². The molecule has 5 rings (SSSR count). The Kier molecular flexibility index (Phi) is 6.58. The lowest BCUT2D eigenvalue weighted by atomic mass is 9.95. The van der Waals surface area contributed by atoms with Gasteiger partial charge in [0.2, 0.25) is 0 Å². The summed E-state index contributed by atoms with van der Waals surface area (Å²) in [5, 5.41) is 9.19. The molecule has 9 heteroatoms. The van der Waals surface area contributed by atoms with Gasteiger partial charge in [-0.1, -0.05) is 6.92 Å². The number of aromatic nitrogens is 4. The van der Waals surface area contributed by atoms with Gasteiger partial charge >= 0.3 is 0 Å². The van der Waals surface area contributed by atoms with Crippen LogP contribution >= 0.6 is 11.3 Å². The number of halogens is 1. The molecule has 3 heterocycles. The second-order valence-corrected chi connectivity index (χ2v) is 9.76. The van der Waals surface area contributed by atoms with Crippen LogP contribution in [0.1, 0.15) is 30.2 Å². The fourth-order valence-electron chi connectivity index (χ4n) is 4.77. The Morgan fingerprint density at radius 2 is 2.09 bits per heavy atom. The van der Waals surface area contributed by atoms with Crippen LogP contribution < -0.4 is 11.1 Å². The van der Waals surface area contributed by atoms with Crippen LogP contribution in [0.4, 0.5) is 15.9 Å². The third kappa shape index (κ3) is 4.31. The monoisotopic (exact) mass is 479 g/mol. The molecule has 178 valence electrons. The molecule has 0 unspecified atom stereocenters. The number of benzene rings is 1. The average molecular weight is 480 g/mol. The second kappa shape index (κ2) is 9.77. The van der Waals surface area contributed by atoms with Crippen molar-refractivity contribution in [2.75, 3.05) is 31.5 Å². The summed E-state index contributed by atoms with van der Waals surface area (Å²) in [5.41, 5.74) is 11.0. The van der Waals surface area contributed by atoms with E-state index in [1.54, 1.807) is 36.7 Å². The Bertz CT molecular complexity index is 1310. The standard InChI is InChI=1S/C25H30FN7S/c1-3-9-32(10-8-27)11-12-33-21-7-5-18-22-24(31-17-4-6-20(26)16(2)13-17)28-15-29-25(22)34-23(18)19(21)14-30-33/h4,6,13-15H,3,5,7-12,27H2,1-2H3,(H,28,29,31). The maximum Gasteiger partial charge on any atom is 0.142 e. The van der Waals surface area contributed by atoms with E-state index in [0.717, 1.165) is 67.2 Å². The first kappa shape index (κ1) is 22.9. The molecular weight excluding hydrogens is 449 g/mol. The van der Waals surface area contributed by atoms with Crippen molar-refractivity contribution in [3.05, 3.63) is 53.4 Å². The number of hydrogen-bond donors (Lipinski definition) is 2. The molecule has 0 saturated heterocycles. The molecule has 0 amide bonds. The number of aryl methyl sites for hydroxylation is 2. The molecule has 0 aliphatic heterocycles. The van der Waals surface area contributed by atoms with Gasteiger partial charge in [-0.15, -0.1) is 11.3 Å². The van der Waals surface area contributed by atoms with Gasteiger partial charge in [0, 0.05) is 41.5 Å². The van der Waals surface area contributed by atoms with Crippen molar-refractivity contribution in [3.63, 3.8) is 0 Å². The largest absolute Gasteiger partial charge is 0.340 e. The Morgan fingerprint density at radius 3 is 2.88 bits per heavy atom. The fourth-order valence-corrected chi connectivity index (χ4v) is 5.99. The van der Waals surface area contributed by atoms with Crippen LogP contribution in [0.2, 0.25) is 0 Å². The summed E-state index contributed by atoms with van der Waals surface area (Å²) in [6.45, 7) is 8.44. The normalized spacial score (nSPS) is 12.9. The number of rotatable bonds is 9. The minimum Gasteiger partial charge on any atom is -0.340 e. The number of fused-ring (bicyclic) bond motifs is 5. The van der Waals surface area contributed by atoms with Gasteiger partial charge in [0.15, 0.2) is 0 Å². The summed E-state index contributed by atoms with van der Waals surface area (Å²) in [6, 6.07) is 5.02. The van der Waals surface area contributed by atoms with Crippen molar-refractivity contribution in [3.8, 4) is 10.4 Å². The zero-order valence-corrected chi connectivity index (χ0v) is 20.5. The Hall–Kier alpha value is -2.88. The Morgan fingerprint density at radius 1 is 1.21 bits per heavy atom. The van der Waals surface area contributed by atoms with E-state index in [1.165, 1.54) is 27.8 Å². The highest BCUT2D eigenvalue weighted by Gasteiger charge is 2.27. The van der Waals surface area contributed by atoms with Crippen LogP contribution in [-0.2, 0) is 19.4 Å². The molecule has 7 nitrogen and oxygen atoms in total. The van der Waals surface area contributed by atoms with Crippen LogP contribution in [0.5, 0.6) is 0 Å². The first-order valence-electron chi connectivity index (χ1n) is 11.9. The number of nitrogens with one attached hydrogen (secondary N) is 1. The van der Waals surface area contributed by atoms with E-state index in [9.17, 15) is 4.39 Å². The summed E-state index contributed by atoms with van der Waals surface area (Å²) in [5.74, 6) is 0.554. The summed E-state index contributed by atoms with van der Waals surface area (Å²) >= 11 is 1.70. The van der Waals surface area contributed by atoms with Crippen LogP contribution in [0, 0.1) is 12.7 Å². The maximum atomic E-state index is 13.7. The van der Waals surface area contributed by atoms with Gasteiger partial charge in [0.1, 0.15) is 22.8 Å². The van der Waals surface area contributed by atoms with E-state index >= 15 is 0 Å². The number of nitrogens with two attached hydrogens (primary N) is 1. The molecular formula is C25H30FN7S. The quantitative estimate of drug-likeness (QED) is 0.367. The maximum absolute atomic E-state index is 13.7. The van der Waals surface area contributed by atoms with Crippen LogP contribution in [0.25, 0.3) is 20.7 Å². The lowest BCUT2D eigenvalue weighted by Gasteiger charge is -2.22. The molecule has 0 atom stereocenters. The number of nitrogens with zero attached hydrogens (tertiary/aromatic N) is 5. The molecule has 34 heavy (non-hydrogen) atoms. The first-order valence-corrected chi connectivity index (χ1v) is 12.7. The SMILES string of the molecule is CCCN(CCN)CCn1ncc2c1CCc1c-2sc2ncnc(Nc3ccc(F)c(C)c3)c12. The predicted octanol–water partition coefficient (Wildman–Crippen LogP) is 4.52. The lowest BCUT2D eigenvalue weighted by molar-refractivity contribution is 0.264. The fraction of sp³-hybridized carbons (Fsp3) is 0.400. The Labute approximate surface area is 202 Å². The summed E-state index contributed by atoms with van der Waals surface area (Å²) in [6.07, 6.45) is 6.56. The molecule has 3 N–H and O–H groups in total. The summed E-state index contributed by atoms with van der Waals surface area (Å²) in [7, 11) is 0. The van der Waals surface area contributed by atoms with E-state index in [0.29, 0.717) is 12.1 Å². The lowest BCUT2D eigenvalue weighted by Crippen LogP contribution is -2.33. The van der Waals surface area contributed by atoms with E-state index < -0.39 is 0 Å². The first-order chi connectivity index (χ1) is 16.6. The minimum absolute atomic E-state index is 0.211. The molecule has 3 aromatic heterocycles. The third-order valence-electron chi connectivity index (χ3n) is 6.43. The van der Waals surface area contributed by atoms with Crippen molar-refractivity contribution in [1.82, 2.24) is 24.6 Å². The predicted molar refractivity (Wildman–Crippen MR) is 136 cm³/mol. The summed E-state index contributed by atoms with van der Waals surface area (Å²) in [4.78, 5) is 13.7. The van der Waals surface area contributed by atoms with Crippen LogP contribution in [0.3, 0.4) is 0 Å². The highest BCUT2D eigenvalue weighted by Crippen LogP contribution is 2.45. The topological polar surface area (TPSA) is 84.9 Å². The van der Waals surface area contributed by atoms with Crippen molar-refractivity contribution in [2.24, 2.45) is 5.73 Å².